The predicted octanol–water partition coefficient (Wildman–Crippen LogP) is 3.33. The lowest BCUT2D eigenvalue weighted by Crippen LogP contribution is -2.17. The quantitative estimate of drug-likeness (QED) is 0.860. The van der Waals surface area contributed by atoms with Crippen LogP contribution in [0.4, 0.5) is 0 Å². The van der Waals surface area contributed by atoms with Gasteiger partial charge in [-0.3, -0.25) is 4.98 Å². The maximum absolute atomic E-state index is 5.73. The zero-order chi connectivity index (χ0) is 13.5. The third-order valence-corrected chi connectivity index (χ3v) is 3.02. The number of aromatic nitrogens is 1. The van der Waals surface area contributed by atoms with Crippen molar-refractivity contribution in [2.45, 2.75) is 26.5 Å². The molecule has 2 rings (SSSR count). The summed E-state index contributed by atoms with van der Waals surface area (Å²) in [5.41, 5.74) is 2.35. The molecule has 19 heavy (non-hydrogen) atoms. The Hall–Kier alpha value is -1.87. The van der Waals surface area contributed by atoms with E-state index in [0.717, 1.165) is 17.9 Å². The van der Waals surface area contributed by atoms with E-state index in [1.807, 2.05) is 30.5 Å². The minimum atomic E-state index is 0.373. The van der Waals surface area contributed by atoms with Crippen LogP contribution in [0.5, 0.6) is 5.75 Å². The van der Waals surface area contributed by atoms with E-state index in [1.54, 1.807) is 6.20 Å². The van der Waals surface area contributed by atoms with Crippen LogP contribution in [0, 0.1) is 0 Å². The van der Waals surface area contributed by atoms with Gasteiger partial charge in [-0.25, -0.2) is 0 Å². The van der Waals surface area contributed by atoms with E-state index in [9.17, 15) is 0 Å². The van der Waals surface area contributed by atoms with Gasteiger partial charge < -0.3 is 10.1 Å². The summed E-state index contributed by atoms with van der Waals surface area (Å²) >= 11 is 0. The Kier molecular flexibility index (Phi) is 4.93. The van der Waals surface area contributed by atoms with E-state index in [-0.39, 0.29) is 0 Å². The zero-order valence-corrected chi connectivity index (χ0v) is 11.5. The van der Waals surface area contributed by atoms with Crippen molar-refractivity contribution in [1.29, 1.82) is 0 Å². The van der Waals surface area contributed by atoms with E-state index in [0.29, 0.717) is 12.6 Å². The summed E-state index contributed by atoms with van der Waals surface area (Å²) in [6.07, 6.45) is 3.59. The molecule has 100 valence electrons. The molecule has 0 saturated carbocycles. The van der Waals surface area contributed by atoms with Crippen LogP contribution in [0.2, 0.25) is 0 Å². The minimum absolute atomic E-state index is 0.373. The summed E-state index contributed by atoms with van der Waals surface area (Å²) in [5, 5.41) is 3.39. The van der Waals surface area contributed by atoms with Gasteiger partial charge >= 0.3 is 0 Å². The third-order valence-electron chi connectivity index (χ3n) is 3.02. The van der Waals surface area contributed by atoms with Crippen LogP contribution >= 0.6 is 0 Å². The summed E-state index contributed by atoms with van der Waals surface area (Å²) in [6.45, 7) is 5.80. The number of nitrogens with zero attached hydrogens (tertiary/aromatic N) is 1. The van der Waals surface area contributed by atoms with Crippen molar-refractivity contribution in [3.63, 3.8) is 0 Å². The molecule has 0 spiro atoms. The lowest BCUT2D eigenvalue weighted by atomic mass is 10.1. The molecule has 0 aliphatic carbocycles. The highest BCUT2D eigenvalue weighted by Crippen LogP contribution is 2.18. The van der Waals surface area contributed by atoms with E-state index in [1.165, 1.54) is 5.56 Å². The predicted molar refractivity (Wildman–Crippen MR) is 77.1 cm³/mol. The summed E-state index contributed by atoms with van der Waals surface area (Å²) in [5.74, 6) is 0.885. The molecule has 1 N–H and O–H groups in total. The zero-order valence-electron chi connectivity index (χ0n) is 11.5. The molecule has 0 fully saturated rings. The fourth-order valence-electron chi connectivity index (χ4n) is 1.93. The highest BCUT2D eigenvalue weighted by atomic mass is 16.5. The van der Waals surface area contributed by atoms with E-state index >= 15 is 0 Å². The molecule has 0 saturated heterocycles. The van der Waals surface area contributed by atoms with Crippen molar-refractivity contribution >= 4 is 0 Å². The van der Waals surface area contributed by atoms with Crippen LogP contribution in [-0.4, -0.2) is 11.5 Å². The SMILES string of the molecule is CCNC(C)c1ccc(OCc2cccnc2)cc1. The summed E-state index contributed by atoms with van der Waals surface area (Å²) < 4.78 is 5.73. The van der Waals surface area contributed by atoms with E-state index in [4.69, 9.17) is 4.74 Å². The molecule has 1 atom stereocenters. The number of ether oxygens (including phenoxy) is 1. The van der Waals surface area contributed by atoms with Gasteiger partial charge in [-0.15, -0.1) is 0 Å². The highest BCUT2D eigenvalue weighted by Gasteiger charge is 2.03. The maximum atomic E-state index is 5.73. The number of pyridine rings is 1. The van der Waals surface area contributed by atoms with Crippen LogP contribution in [0.15, 0.2) is 48.8 Å². The molecule has 1 unspecified atom stereocenters. The Bertz CT molecular complexity index is 482. The van der Waals surface area contributed by atoms with Gasteiger partial charge in [0.05, 0.1) is 0 Å². The Morgan fingerprint density at radius 1 is 1.21 bits per heavy atom. The molecule has 0 amide bonds. The van der Waals surface area contributed by atoms with Gasteiger partial charge in [0.25, 0.3) is 0 Å². The van der Waals surface area contributed by atoms with Gasteiger partial charge in [0, 0.05) is 24.0 Å². The summed E-state index contributed by atoms with van der Waals surface area (Å²) in [6, 6.07) is 12.5. The molecule has 1 aromatic carbocycles. The van der Waals surface area contributed by atoms with Crippen LogP contribution < -0.4 is 10.1 Å². The van der Waals surface area contributed by atoms with Gasteiger partial charge in [-0.2, -0.15) is 0 Å². The Morgan fingerprint density at radius 2 is 2.00 bits per heavy atom. The number of hydrogen-bond donors (Lipinski definition) is 1. The second-order valence-corrected chi connectivity index (χ2v) is 4.50. The second-order valence-electron chi connectivity index (χ2n) is 4.50. The Morgan fingerprint density at radius 3 is 2.63 bits per heavy atom. The first-order chi connectivity index (χ1) is 9.29. The topological polar surface area (TPSA) is 34.1 Å². The molecule has 3 nitrogen and oxygen atoms in total. The van der Waals surface area contributed by atoms with Crippen molar-refractivity contribution < 1.29 is 4.74 Å². The fraction of sp³-hybridized carbons (Fsp3) is 0.312. The van der Waals surface area contributed by atoms with Crippen molar-refractivity contribution in [3.8, 4) is 5.75 Å². The molecular weight excluding hydrogens is 236 g/mol. The van der Waals surface area contributed by atoms with Crippen molar-refractivity contribution in [3.05, 3.63) is 59.9 Å². The molecule has 1 heterocycles. The molecule has 2 aromatic rings. The van der Waals surface area contributed by atoms with Crippen LogP contribution in [0.25, 0.3) is 0 Å². The molecule has 0 bridgehead atoms. The first kappa shape index (κ1) is 13.6. The van der Waals surface area contributed by atoms with Gasteiger partial charge in [-0.05, 0) is 37.2 Å². The first-order valence-electron chi connectivity index (χ1n) is 6.64. The van der Waals surface area contributed by atoms with Gasteiger partial charge in [0.15, 0.2) is 0 Å². The largest absolute Gasteiger partial charge is 0.489 e. The lowest BCUT2D eigenvalue weighted by molar-refractivity contribution is 0.305. The first-order valence-corrected chi connectivity index (χ1v) is 6.64. The van der Waals surface area contributed by atoms with Crippen LogP contribution in [-0.2, 0) is 6.61 Å². The summed E-state index contributed by atoms with van der Waals surface area (Å²) in [4.78, 5) is 4.07. The Labute approximate surface area is 114 Å². The molecule has 1 aromatic heterocycles. The van der Waals surface area contributed by atoms with Crippen molar-refractivity contribution in [1.82, 2.24) is 10.3 Å². The average molecular weight is 256 g/mol. The van der Waals surface area contributed by atoms with Crippen LogP contribution in [0.3, 0.4) is 0 Å². The molecule has 3 heteroatoms. The van der Waals surface area contributed by atoms with Gasteiger partial charge in [0.2, 0.25) is 0 Å². The van der Waals surface area contributed by atoms with E-state index in [2.05, 4.69) is 36.3 Å². The lowest BCUT2D eigenvalue weighted by Gasteiger charge is -2.13. The minimum Gasteiger partial charge on any atom is -0.489 e. The smallest absolute Gasteiger partial charge is 0.119 e. The molecule has 0 aliphatic heterocycles. The third kappa shape index (κ3) is 4.07. The molecule has 0 aliphatic rings. The average Bonchev–Trinajstić information content (AvgIpc) is 2.47. The van der Waals surface area contributed by atoms with Gasteiger partial charge in [0.1, 0.15) is 12.4 Å². The normalized spacial score (nSPS) is 12.1. The fourth-order valence-corrected chi connectivity index (χ4v) is 1.93. The number of rotatable bonds is 6. The second kappa shape index (κ2) is 6.90. The summed E-state index contributed by atoms with van der Waals surface area (Å²) in [7, 11) is 0. The van der Waals surface area contributed by atoms with E-state index < -0.39 is 0 Å². The monoisotopic (exact) mass is 256 g/mol. The molecule has 0 radical (unpaired) electrons. The van der Waals surface area contributed by atoms with Crippen molar-refractivity contribution in [2.24, 2.45) is 0 Å². The Balaban J connectivity index is 1.92. The number of benzene rings is 1. The highest BCUT2D eigenvalue weighted by molar-refractivity contribution is 5.29. The maximum Gasteiger partial charge on any atom is 0.119 e. The van der Waals surface area contributed by atoms with Crippen LogP contribution in [0.1, 0.15) is 31.0 Å². The number of nitrogens with one attached hydrogen (secondary N) is 1. The number of hydrogen-bond acceptors (Lipinski definition) is 3. The van der Waals surface area contributed by atoms with Gasteiger partial charge in [-0.1, -0.05) is 25.1 Å². The van der Waals surface area contributed by atoms with Crippen molar-refractivity contribution in [2.75, 3.05) is 6.54 Å². The standard InChI is InChI=1S/C16H20N2O/c1-3-18-13(2)15-6-8-16(9-7-15)19-12-14-5-4-10-17-11-14/h4-11,13,18H,3,12H2,1-2H3. The molecular formula is C16H20N2O.